The van der Waals surface area contributed by atoms with E-state index in [9.17, 15) is 0 Å². The standard InChI is InChI=1S/C26H33N9O/c1-25(2,3)35-24-18(22(27)31-13-32-24)19(33-35)20-17(21(36-34-20)14-6-7-14)23-29-10-15(11-30-23)16-8-9-28-12-26(16,4)5/h10-11,13-14,16,28H,6-9,12H2,1-5H3,(H2,27,31,32). The summed E-state index contributed by atoms with van der Waals surface area (Å²) in [5.74, 6) is 2.49. The average molecular weight is 488 g/mol. The van der Waals surface area contributed by atoms with E-state index in [2.05, 4.69) is 55.1 Å². The molecule has 1 aliphatic heterocycles. The fourth-order valence-corrected chi connectivity index (χ4v) is 5.35. The van der Waals surface area contributed by atoms with Crippen LogP contribution in [0.15, 0.2) is 23.2 Å². The smallest absolute Gasteiger partial charge is 0.165 e. The van der Waals surface area contributed by atoms with E-state index in [1.165, 1.54) is 6.33 Å². The average Bonchev–Trinajstić information content (AvgIpc) is 3.44. The molecule has 1 saturated carbocycles. The molecule has 0 bridgehead atoms. The molecule has 4 aromatic rings. The van der Waals surface area contributed by atoms with Crippen molar-refractivity contribution in [2.45, 2.75) is 71.3 Å². The third kappa shape index (κ3) is 3.75. The Bertz CT molecular complexity index is 1420. The van der Waals surface area contributed by atoms with Gasteiger partial charge < -0.3 is 15.6 Å². The molecule has 1 saturated heterocycles. The van der Waals surface area contributed by atoms with Crippen LogP contribution < -0.4 is 11.1 Å². The fourth-order valence-electron chi connectivity index (χ4n) is 5.35. The molecule has 0 spiro atoms. The van der Waals surface area contributed by atoms with Crippen molar-refractivity contribution in [2.24, 2.45) is 5.41 Å². The minimum atomic E-state index is -0.319. The van der Waals surface area contributed by atoms with Gasteiger partial charge in [0.2, 0.25) is 0 Å². The van der Waals surface area contributed by atoms with Gasteiger partial charge in [-0.1, -0.05) is 19.0 Å². The van der Waals surface area contributed by atoms with Crippen molar-refractivity contribution in [3.63, 3.8) is 0 Å². The third-order valence-corrected chi connectivity index (χ3v) is 7.45. The molecule has 10 heteroatoms. The van der Waals surface area contributed by atoms with Gasteiger partial charge in [-0.2, -0.15) is 5.10 Å². The zero-order chi connectivity index (χ0) is 25.2. The zero-order valence-electron chi connectivity index (χ0n) is 21.5. The van der Waals surface area contributed by atoms with E-state index in [0.29, 0.717) is 45.9 Å². The van der Waals surface area contributed by atoms with Gasteiger partial charge in [0.05, 0.1) is 16.5 Å². The molecule has 4 aromatic heterocycles. The maximum Gasteiger partial charge on any atom is 0.165 e. The van der Waals surface area contributed by atoms with E-state index < -0.39 is 0 Å². The van der Waals surface area contributed by atoms with E-state index in [4.69, 9.17) is 25.3 Å². The summed E-state index contributed by atoms with van der Waals surface area (Å²) < 4.78 is 7.79. The Balaban J connectivity index is 1.50. The third-order valence-electron chi connectivity index (χ3n) is 7.45. The van der Waals surface area contributed by atoms with Crippen molar-refractivity contribution in [2.75, 3.05) is 18.8 Å². The van der Waals surface area contributed by atoms with Gasteiger partial charge in [-0.05, 0) is 63.5 Å². The molecule has 5 heterocycles. The van der Waals surface area contributed by atoms with Gasteiger partial charge >= 0.3 is 0 Å². The lowest BCUT2D eigenvalue weighted by atomic mass is 9.72. The van der Waals surface area contributed by atoms with Crippen LogP contribution in [0.4, 0.5) is 5.82 Å². The lowest BCUT2D eigenvalue weighted by Gasteiger charge is -2.39. The molecule has 1 unspecified atom stereocenters. The highest BCUT2D eigenvalue weighted by molar-refractivity contribution is 6.00. The van der Waals surface area contributed by atoms with Gasteiger partial charge in [0, 0.05) is 24.9 Å². The second-order valence-electron chi connectivity index (χ2n) is 11.8. The molecule has 36 heavy (non-hydrogen) atoms. The molecule has 188 valence electrons. The maximum absolute atomic E-state index is 6.35. The first kappa shape index (κ1) is 23.0. The summed E-state index contributed by atoms with van der Waals surface area (Å²) in [5.41, 5.74) is 9.96. The normalized spacial score (nSPS) is 20.2. The van der Waals surface area contributed by atoms with Gasteiger partial charge in [0.1, 0.15) is 23.5 Å². The summed E-state index contributed by atoms with van der Waals surface area (Å²) in [4.78, 5) is 18.4. The quantitative estimate of drug-likeness (QED) is 0.433. The van der Waals surface area contributed by atoms with E-state index in [0.717, 1.165) is 49.2 Å². The first-order valence-corrected chi connectivity index (χ1v) is 12.7. The largest absolute Gasteiger partial charge is 0.383 e. The molecule has 0 amide bonds. The van der Waals surface area contributed by atoms with Gasteiger partial charge in [-0.25, -0.2) is 24.6 Å². The summed E-state index contributed by atoms with van der Waals surface area (Å²) in [6.07, 6.45) is 8.59. The number of nitrogen functional groups attached to an aromatic ring is 1. The van der Waals surface area contributed by atoms with Crippen LogP contribution in [0.3, 0.4) is 0 Å². The predicted molar refractivity (Wildman–Crippen MR) is 137 cm³/mol. The summed E-state index contributed by atoms with van der Waals surface area (Å²) >= 11 is 0. The van der Waals surface area contributed by atoms with Gasteiger partial charge in [0.15, 0.2) is 17.2 Å². The highest BCUT2D eigenvalue weighted by atomic mass is 16.5. The van der Waals surface area contributed by atoms with Crippen LogP contribution >= 0.6 is 0 Å². The highest BCUT2D eigenvalue weighted by Crippen LogP contribution is 2.48. The first-order chi connectivity index (χ1) is 17.1. The number of aromatic nitrogens is 7. The molecule has 10 nitrogen and oxygen atoms in total. The number of hydrogen-bond donors (Lipinski definition) is 2. The molecule has 1 atom stereocenters. The number of nitrogens with zero attached hydrogens (tertiary/aromatic N) is 7. The van der Waals surface area contributed by atoms with Crippen LogP contribution in [0.25, 0.3) is 33.8 Å². The maximum atomic E-state index is 6.35. The van der Waals surface area contributed by atoms with Crippen LogP contribution in [0.5, 0.6) is 0 Å². The highest BCUT2D eigenvalue weighted by Gasteiger charge is 2.37. The van der Waals surface area contributed by atoms with Crippen LogP contribution in [-0.4, -0.2) is 48.0 Å². The minimum absolute atomic E-state index is 0.140. The summed E-state index contributed by atoms with van der Waals surface area (Å²) in [6.45, 7) is 12.8. The van der Waals surface area contributed by atoms with Crippen LogP contribution in [-0.2, 0) is 5.54 Å². The lowest BCUT2D eigenvalue weighted by Crippen LogP contribution is -2.41. The van der Waals surface area contributed by atoms with E-state index in [1.54, 1.807) is 0 Å². The summed E-state index contributed by atoms with van der Waals surface area (Å²) in [5, 5.41) is 13.6. The number of piperidine rings is 1. The van der Waals surface area contributed by atoms with Crippen LogP contribution in [0, 0.1) is 5.41 Å². The van der Waals surface area contributed by atoms with Crippen LogP contribution in [0.2, 0.25) is 0 Å². The topological polar surface area (TPSA) is 133 Å². The van der Waals surface area contributed by atoms with E-state index in [-0.39, 0.29) is 11.0 Å². The molecule has 1 aliphatic carbocycles. The number of nitrogens with two attached hydrogens (primary N) is 1. The Labute approximate surface area is 210 Å². The van der Waals surface area contributed by atoms with Crippen molar-refractivity contribution in [1.29, 1.82) is 0 Å². The molecule has 0 aromatic carbocycles. The number of anilines is 1. The Morgan fingerprint density at radius 2 is 1.81 bits per heavy atom. The fraction of sp³-hybridized carbons (Fsp3) is 0.538. The predicted octanol–water partition coefficient (Wildman–Crippen LogP) is 4.26. The van der Waals surface area contributed by atoms with Gasteiger partial charge in [0.25, 0.3) is 0 Å². The molecule has 3 N–H and O–H groups in total. The van der Waals surface area contributed by atoms with Crippen molar-refractivity contribution in [3.05, 3.63) is 30.0 Å². The van der Waals surface area contributed by atoms with E-state index >= 15 is 0 Å². The summed E-state index contributed by atoms with van der Waals surface area (Å²) in [6, 6.07) is 0. The van der Waals surface area contributed by atoms with E-state index in [1.807, 2.05) is 17.1 Å². The van der Waals surface area contributed by atoms with Crippen molar-refractivity contribution >= 4 is 16.9 Å². The second-order valence-corrected chi connectivity index (χ2v) is 11.8. The zero-order valence-corrected chi connectivity index (χ0v) is 21.5. The van der Waals surface area contributed by atoms with Crippen molar-refractivity contribution in [3.8, 4) is 22.8 Å². The number of hydrogen-bond acceptors (Lipinski definition) is 9. The number of rotatable bonds is 4. The first-order valence-electron chi connectivity index (χ1n) is 12.7. The second kappa shape index (κ2) is 8.06. The van der Waals surface area contributed by atoms with Crippen molar-refractivity contribution in [1.82, 2.24) is 40.2 Å². The number of fused-ring (bicyclic) bond motifs is 1. The Kier molecular flexibility index (Phi) is 5.15. The molecule has 6 rings (SSSR count). The Hall–Kier alpha value is -3.40. The lowest BCUT2D eigenvalue weighted by molar-refractivity contribution is 0.218. The van der Waals surface area contributed by atoms with Gasteiger partial charge in [-0.3, -0.25) is 0 Å². The Morgan fingerprint density at radius 3 is 2.47 bits per heavy atom. The minimum Gasteiger partial charge on any atom is -0.383 e. The molecular formula is C26H33N9O. The summed E-state index contributed by atoms with van der Waals surface area (Å²) in [7, 11) is 0. The molecular weight excluding hydrogens is 454 g/mol. The molecule has 0 radical (unpaired) electrons. The van der Waals surface area contributed by atoms with Gasteiger partial charge in [-0.15, -0.1) is 0 Å². The molecule has 2 aliphatic rings. The van der Waals surface area contributed by atoms with Crippen molar-refractivity contribution < 1.29 is 4.52 Å². The SMILES string of the molecule is CC1(C)CNCCC1c1cnc(-c2c(-c3nn(C(C)(C)C)c4ncnc(N)c34)noc2C2CC2)nc1. The van der Waals surface area contributed by atoms with Crippen LogP contribution in [0.1, 0.15) is 77.0 Å². The monoisotopic (exact) mass is 487 g/mol. The Morgan fingerprint density at radius 1 is 1.06 bits per heavy atom. The number of nitrogens with one attached hydrogen (secondary N) is 1. The molecule has 2 fully saturated rings.